The highest BCUT2D eigenvalue weighted by Crippen LogP contribution is 2.50. The van der Waals surface area contributed by atoms with Gasteiger partial charge in [-0.3, -0.25) is 0 Å². The Morgan fingerprint density at radius 1 is 1.20 bits per heavy atom. The van der Waals surface area contributed by atoms with Crippen molar-refractivity contribution in [3.05, 3.63) is 34.4 Å². The van der Waals surface area contributed by atoms with E-state index in [1.807, 2.05) is 0 Å². The Morgan fingerprint density at radius 3 is 2.24 bits per heavy atom. The lowest BCUT2D eigenvalue weighted by molar-refractivity contribution is -0.206. The van der Waals surface area contributed by atoms with Crippen LogP contribution in [0.2, 0.25) is 5.02 Å². The number of nitrogens with one attached hydrogen (secondary N) is 1. The molecule has 0 bridgehead atoms. The molecule has 142 valence electrons. The predicted octanol–water partition coefficient (Wildman–Crippen LogP) is 5.30. The molecule has 2 rings (SSSR count). The standard InChI is InChI=1S/C16H19ClF5NOS/c1-15(2,3)25(24)23-14(8-6-9(7-8)16(20,21)22)10-4-5-11(18)12(17)13(10)19/h4-5,8-9,14,23H,6-7H2,1-3H3/t8-,9-,14-,25+/m0/s1. The van der Waals surface area contributed by atoms with E-state index in [0.717, 1.165) is 12.1 Å². The molecule has 1 N–H and O–H groups in total. The average molecular weight is 404 g/mol. The molecule has 2 atom stereocenters. The molecule has 1 saturated carbocycles. The van der Waals surface area contributed by atoms with Crippen LogP contribution in [0.5, 0.6) is 0 Å². The smallest absolute Gasteiger partial charge is 0.391 e. The predicted molar refractivity (Wildman–Crippen MR) is 87.4 cm³/mol. The molecule has 0 amide bonds. The Hall–Kier alpha value is -0.570. The third-order valence-electron chi connectivity index (χ3n) is 4.30. The molecule has 0 heterocycles. The van der Waals surface area contributed by atoms with Crippen molar-refractivity contribution in [2.75, 3.05) is 0 Å². The molecule has 0 aliphatic heterocycles. The summed E-state index contributed by atoms with van der Waals surface area (Å²) < 4.78 is 80.5. The van der Waals surface area contributed by atoms with Crippen molar-refractivity contribution < 1.29 is 26.5 Å². The fourth-order valence-corrected chi connectivity index (χ4v) is 3.76. The van der Waals surface area contributed by atoms with E-state index in [4.69, 9.17) is 11.6 Å². The Morgan fingerprint density at radius 2 is 1.76 bits per heavy atom. The summed E-state index contributed by atoms with van der Waals surface area (Å²) >= 11 is 3.94. The molecule has 1 aliphatic rings. The fraction of sp³-hybridized carbons (Fsp3) is 0.625. The van der Waals surface area contributed by atoms with Gasteiger partial charge in [-0.25, -0.2) is 8.78 Å². The highest BCUT2D eigenvalue weighted by Gasteiger charge is 2.51. The molecule has 9 heteroatoms. The van der Waals surface area contributed by atoms with Crippen LogP contribution >= 0.6 is 11.6 Å². The Bertz CT molecular complexity index is 628. The van der Waals surface area contributed by atoms with Gasteiger partial charge in [-0.2, -0.15) is 13.2 Å². The average Bonchev–Trinajstić information content (AvgIpc) is 2.40. The molecule has 25 heavy (non-hydrogen) atoms. The second-order valence-corrected chi connectivity index (χ2v) is 9.59. The van der Waals surface area contributed by atoms with Crippen LogP contribution < -0.4 is 4.72 Å². The molecule has 1 fully saturated rings. The quantitative estimate of drug-likeness (QED) is 0.420. The van der Waals surface area contributed by atoms with Crippen molar-refractivity contribution in [1.82, 2.24) is 4.72 Å². The second-order valence-electron chi connectivity index (χ2n) is 7.21. The van der Waals surface area contributed by atoms with Crippen molar-refractivity contribution in [1.29, 1.82) is 0 Å². The van der Waals surface area contributed by atoms with Crippen molar-refractivity contribution in [3.63, 3.8) is 0 Å². The molecule has 1 aliphatic carbocycles. The Kier molecular flexibility index (Phi) is 5.98. The summed E-state index contributed by atoms with van der Waals surface area (Å²) in [5.74, 6) is -4.04. The SMILES string of the molecule is CC(C)(C)[S@@+]([O-])N[C@H](c1ccc(F)c(Cl)c1F)[C@H]1C[C@H](C(F)(F)F)C1. The molecule has 1 aromatic carbocycles. The molecular formula is C16H19ClF5NOS. The molecule has 0 radical (unpaired) electrons. The van der Waals surface area contributed by atoms with Gasteiger partial charge in [0.05, 0.1) is 12.0 Å². The number of benzene rings is 1. The lowest BCUT2D eigenvalue weighted by atomic mass is 9.69. The van der Waals surface area contributed by atoms with Gasteiger partial charge in [0.15, 0.2) is 0 Å². The zero-order valence-corrected chi connectivity index (χ0v) is 15.5. The summed E-state index contributed by atoms with van der Waals surface area (Å²) in [6, 6.07) is 1.14. The van der Waals surface area contributed by atoms with Gasteiger partial charge in [0.2, 0.25) is 0 Å². The van der Waals surface area contributed by atoms with E-state index in [2.05, 4.69) is 4.72 Å². The molecule has 2 nitrogen and oxygen atoms in total. The molecule has 0 spiro atoms. The van der Waals surface area contributed by atoms with Crippen LogP contribution in [0.4, 0.5) is 22.0 Å². The maximum Gasteiger partial charge on any atom is 0.391 e. The van der Waals surface area contributed by atoms with E-state index >= 15 is 0 Å². The van der Waals surface area contributed by atoms with Gasteiger partial charge in [0.25, 0.3) is 0 Å². The summed E-state index contributed by atoms with van der Waals surface area (Å²) in [4.78, 5) is 0. The first-order valence-electron chi connectivity index (χ1n) is 7.70. The van der Waals surface area contributed by atoms with Gasteiger partial charge >= 0.3 is 6.18 Å². The minimum atomic E-state index is -4.32. The Balaban J connectivity index is 2.30. The van der Waals surface area contributed by atoms with Crippen LogP contribution in [0.3, 0.4) is 0 Å². The van der Waals surface area contributed by atoms with Crippen LogP contribution in [-0.4, -0.2) is 15.5 Å². The van der Waals surface area contributed by atoms with Crippen LogP contribution in [0.1, 0.15) is 45.2 Å². The van der Waals surface area contributed by atoms with Crippen molar-refractivity contribution in [2.45, 2.75) is 50.6 Å². The van der Waals surface area contributed by atoms with Gasteiger partial charge in [-0.05, 0) is 45.6 Å². The first-order chi connectivity index (χ1) is 11.3. The van der Waals surface area contributed by atoms with Crippen molar-refractivity contribution in [2.24, 2.45) is 11.8 Å². The molecule has 1 aromatic rings. The zero-order chi connectivity index (χ0) is 19.2. The van der Waals surface area contributed by atoms with Crippen LogP contribution in [0.15, 0.2) is 12.1 Å². The first-order valence-corrected chi connectivity index (χ1v) is 9.23. The van der Waals surface area contributed by atoms with E-state index in [-0.39, 0.29) is 18.4 Å². The van der Waals surface area contributed by atoms with Crippen LogP contribution in [0.25, 0.3) is 0 Å². The van der Waals surface area contributed by atoms with E-state index < -0.39 is 56.8 Å². The summed E-state index contributed by atoms with van der Waals surface area (Å²) in [6.07, 6.45) is -4.74. The molecule has 0 unspecified atom stereocenters. The van der Waals surface area contributed by atoms with Gasteiger partial charge in [0, 0.05) is 16.9 Å². The summed E-state index contributed by atoms with van der Waals surface area (Å²) in [5.41, 5.74) is -0.0744. The third-order valence-corrected chi connectivity index (χ3v) is 6.23. The Labute approximate surface area is 151 Å². The van der Waals surface area contributed by atoms with E-state index in [9.17, 15) is 26.5 Å². The maximum absolute atomic E-state index is 14.4. The second kappa shape index (κ2) is 7.21. The lowest BCUT2D eigenvalue weighted by Crippen LogP contribution is -2.47. The third kappa shape index (κ3) is 4.59. The van der Waals surface area contributed by atoms with Crippen molar-refractivity contribution >= 4 is 23.0 Å². The minimum Gasteiger partial charge on any atom is -0.598 e. The van der Waals surface area contributed by atoms with Gasteiger partial charge in [-0.1, -0.05) is 17.7 Å². The van der Waals surface area contributed by atoms with E-state index in [0.29, 0.717) is 0 Å². The van der Waals surface area contributed by atoms with Crippen molar-refractivity contribution in [3.8, 4) is 0 Å². The molecule has 0 saturated heterocycles. The monoisotopic (exact) mass is 403 g/mol. The number of hydrogen-bond acceptors (Lipinski definition) is 2. The van der Waals surface area contributed by atoms with Gasteiger partial charge in [0.1, 0.15) is 21.4 Å². The summed E-state index contributed by atoms with van der Waals surface area (Å²) in [7, 11) is 0. The normalized spacial score (nSPS) is 23.9. The van der Waals surface area contributed by atoms with Crippen LogP contribution in [0, 0.1) is 23.5 Å². The number of halogens is 6. The number of hydrogen-bond donors (Lipinski definition) is 1. The minimum absolute atomic E-state index is 0.0744. The van der Waals surface area contributed by atoms with E-state index in [1.165, 1.54) is 0 Å². The highest BCUT2D eigenvalue weighted by atomic mass is 35.5. The van der Waals surface area contributed by atoms with Crippen LogP contribution in [-0.2, 0) is 11.4 Å². The first kappa shape index (κ1) is 20.7. The van der Waals surface area contributed by atoms with E-state index in [1.54, 1.807) is 20.8 Å². The lowest BCUT2D eigenvalue weighted by Gasteiger charge is -2.42. The zero-order valence-electron chi connectivity index (χ0n) is 13.9. The van der Waals surface area contributed by atoms with Gasteiger partial charge < -0.3 is 4.55 Å². The number of rotatable bonds is 4. The number of alkyl halides is 3. The summed E-state index contributed by atoms with van der Waals surface area (Å²) in [6.45, 7) is 5.04. The largest absolute Gasteiger partial charge is 0.598 e. The fourth-order valence-electron chi connectivity index (χ4n) is 2.69. The molecule has 0 aromatic heterocycles. The maximum atomic E-state index is 14.4. The van der Waals surface area contributed by atoms with Gasteiger partial charge in [-0.15, -0.1) is 4.72 Å². The summed E-state index contributed by atoms with van der Waals surface area (Å²) in [5, 5.41) is -0.725. The topological polar surface area (TPSA) is 35.1 Å². The highest BCUT2D eigenvalue weighted by molar-refractivity contribution is 7.90. The molecular weight excluding hydrogens is 385 g/mol.